The molecule has 3 N–H and O–H groups in total. The minimum absolute atomic E-state index is 0.107. The molecule has 1 aromatic rings. The Morgan fingerprint density at radius 3 is 2.18 bits per heavy atom. The van der Waals surface area contributed by atoms with E-state index in [2.05, 4.69) is 19.2 Å². The topological polar surface area (TPSA) is 52.5 Å². The van der Waals surface area contributed by atoms with E-state index in [9.17, 15) is 10.2 Å². The molecule has 1 aromatic carbocycles. The first kappa shape index (κ1) is 13.8. The SMILES string of the molecule is CC(C)CCCNC(C)c1cc(O)cc(O)c1. The molecule has 0 aliphatic carbocycles. The molecule has 0 aromatic heterocycles. The predicted molar refractivity (Wildman–Crippen MR) is 70.3 cm³/mol. The average Bonchev–Trinajstić information content (AvgIpc) is 2.22. The lowest BCUT2D eigenvalue weighted by atomic mass is 10.1. The second kappa shape index (κ2) is 6.50. The first-order chi connectivity index (χ1) is 7.99. The molecular formula is C14H23NO2. The largest absolute Gasteiger partial charge is 0.508 e. The van der Waals surface area contributed by atoms with Gasteiger partial charge in [-0.15, -0.1) is 0 Å². The van der Waals surface area contributed by atoms with Gasteiger partial charge in [-0.25, -0.2) is 0 Å². The summed E-state index contributed by atoms with van der Waals surface area (Å²) >= 11 is 0. The Kier molecular flexibility index (Phi) is 5.29. The number of phenols is 2. The van der Waals surface area contributed by atoms with Crippen LogP contribution in [0, 0.1) is 5.92 Å². The molecule has 0 aliphatic heterocycles. The van der Waals surface area contributed by atoms with Gasteiger partial charge in [-0.1, -0.05) is 13.8 Å². The lowest BCUT2D eigenvalue weighted by Crippen LogP contribution is -2.20. The molecule has 0 radical (unpaired) electrons. The summed E-state index contributed by atoms with van der Waals surface area (Å²) in [5, 5.41) is 22.2. The molecule has 0 spiro atoms. The van der Waals surface area contributed by atoms with E-state index in [-0.39, 0.29) is 17.5 Å². The number of hydrogen-bond donors (Lipinski definition) is 3. The van der Waals surface area contributed by atoms with Crippen LogP contribution in [0.1, 0.15) is 45.2 Å². The van der Waals surface area contributed by atoms with Crippen molar-refractivity contribution >= 4 is 0 Å². The van der Waals surface area contributed by atoms with Crippen LogP contribution in [0.15, 0.2) is 18.2 Å². The van der Waals surface area contributed by atoms with Gasteiger partial charge in [0, 0.05) is 12.1 Å². The molecule has 0 heterocycles. The van der Waals surface area contributed by atoms with Crippen LogP contribution in [-0.4, -0.2) is 16.8 Å². The van der Waals surface area contributed by atoms with Crippen LogP contribution in [0.4, 0.5) is 0 Å². The maximum Gasteiger partial charge on any atom is 0.119 e. The van der Waals surface area contributed by atoms with Crippen LogP contribution >= 0.6 is 0 Å². The highest BCUT2D eigenvalue weighted by Gasteiger charge is 2.07. The second-order valence-corrected chi connectivity index (χ2v) is 4.99. The molecule has 3 heteroatoms. The Balaban J connectivity index is 2.43. The number of phenolic OH excluding ortho intramolecular Hbond substituents is 2. The third-order valence-electron chi connectivity index (χ3n) is 2.83. The number of benzene rings is 1. The summed E-state index contributed by atoms with van der Waals surface area (Å²) in [6.07, 6.45) is 2.36. The standard InChI is InChI=1S/C14H23NO2/c1-10(2)5-4-6-15-11(3)12-7-13(16)9-14(17)8-12/h7-11,15-17H,4-6H2,1-3H3. The predicted octanol–water partition coefficient (Wildman–Crippen LogP) is 3.18. The van der Waals surface area contributed by atoms with Gasteiger partial charge in [0.1, 0.15) is 11.5 Å². The van der Waals surface area contributed by atoms with Gasteiger partial charge in [0.25, 0.3) is 0 Å². The van der Waals surface area contributed by atoms with Gasteiger partial charge < -0.3 is 15.5 Å². The third kappa shape index (κ3) is 5.09. The fraction of sp³-hybridized carbons (Fsp3) is 0.571. The summed E-state index contributed by atoms with van der Waals surface area (Å²) < 4.78 is 0. The highest BCUT2D eigenvalue weighted by Crippen LogP contribution is 2.24. The van der Waals surface area contributed by atoms with Crippen LogP contribution in [0.25, 0.3) is 0 Å². The van der Waals surface area contributed by atoms with Crippen molar-refractivity contribution in [1.29, 1.82) is 0 Å². The zero-order chi connectivity index (χ0) is 12.8. The first-order valence-corrected chi connectivity index (χ1v) is 6.25. The third-order valence-corrected chi connectivity index (χ3v) is 2.83. The number of nitrogens with one attached hydrogen (secondary N) is 1. The molecular weight excluding hydrogens is 214 g/mol. The Hall–Kier alpha value is -1.22. The number of aromatic hydroxyl groups is 2. The van der Waals surface area contributed by atoms with Crippen molar-refractivity contribution in [2.24, 2.45) is 5.92 Å². The van der Waals surface area contributed by atoms with Gasteiger partial charge in [-0.05, 0) is 49.9 Å². The van der Waals surface area contributed by atoms with E-state index in [1.807, 2.05) is 6.92 Å². The first-order valence-electron chi connectivity index (χ1n) is 6.25. The van der Waals surface area contributed by atoms with Gasteiger partial charge in [0.05, 0.1) is 0 Å². The van der Waals surface area contributed by atoms with Gasteiger partial charge in [0.2, 0.25) is 0 Å². The zero-order valence-corrected chi connectivity index (χ0v) is 10.9. The van der Waals surface area contributed by atoms with Gasteiger partial charge in [-0.3, -0.25) is 0 Å². The minimum atomic E-state index is 0.107. The summed E-state index contributed by atoms with van der Waals surface area (Å²) in [4.78, 5) is 0. The molecule has 0 bridgehead atoms. The maximum atomic E-state index is 9.40. The normalized spacial score (nSPS) is 12.9. The Morgan fingerprint density at radius 1 is 1.06 bits per heavy atom. The van der Waals surface area contributed by atoms with Crippen molar-refractivity contribution < 1.29 is 10.2 Å². The summed E-state index contributed by atoms with van der Waals surface area (Å²) in [7, 11) is 0. The summed E-state index contributed by atoms with van der Waals surface area (Å²) in [6, 6.07) is 4.84. The average molecular weight is 237 g/mol. The van der Waals surface area contributed by atoms with Crippen LogP contribution in [-0.2, 0) is 0 Å². The smallest absolute Gasteiger partial charge is 0.119 e. The van der Waals surface area contributed by atoms with Crippen molar-refractivity contribution in [1.82, 2.24) is 5.32 Å². The molecule has 1 atom stereocenters. The lowest BCUT2D eigenvalue weighted by Gasteiger charge is -2.15. The quantitative estimate of drug-likeness (QED) is 0.666. The van der Waals surface area contributed by atoms with Crippen LogP contribution in [0.3, 0.4) is 0 Å². The minimum Gasteiger partial charge on any atom is -0.508 e. The van der Waals surface area contributed by atoms with Crippen molar-refractivity contribution in [3.05, 3.63) is 23.8 Å². The Labute approximate surface area is 103 Å². The molecule has 0 saturated heterocycles. The Morgan fingerprint density at radius 2 is 1.65 bits per heavy atom. The van der Waals surface area contributed by atoms with Gasteiger partial charge >= 0.3 is 0 Å². The van der Waals surface area contributed by atoms with Crippen molar-refractivity contribution in [3.63, 3.8) is 0 Å². The van der Waals surface area contributed by atoms with Crippen molar-refractivity contribution in [3.8, 4) is 11.5 Å². The number of hydrogen-bond acceptors (Lipinski definition) is 3. The van der Waals surface area contributed by atoms with E-state index >= 15 is 0 Å². The molecule has 96 valence electrons. The van der Waals surface area contributed by atoms with Crippen LogP contribution in [0.2, 0.25) is 0 Å². The molecule has 17 heavy (non-hydrogen) atoms. The second-order valence-electron chi connectivity index (χ2n) is 4.99. The van der Waals surface area contributed by atoms with E-state index in [4.69, 9.17) is 0 Å². The van der Waals surface area contributed by atoms with E-state index in [0.29, 0.717) is 0 Å². The highest BCUT2D eigenvalue weighted by atomic mass is 16.3. The molecule has 0 saturated carbocycles. The maximum absolute atomic E-state index is 9.40. The van der Waals surface area contributed by atoms with Crippen LogP contribution < -0.4 is 5.32 Å². The van der Waals surface area contributed by atoms with Crippen molar-refractivity contribution in [2.45, 2.75) is 39.7 Å². The molecule has 1 rings (SSSR count). The summed E-state index contributed by atoms with van der Waals surface area (Å²) in [5.41, 5.74) is 0.909. The summed E-state index contributed by atoms with van der Waals surface area (Å²) in [5.74, 6) is 0.948. The molecule has 3 nitrogen and oxygen atoms in total. The zero-order valence-electron chi connectivity index (χ0n) is 10.9. The van der Waals surface area contributed by atoms with E-state index in [0.717, 1.165) is 24.4 Å². The monoisotopic (exact) mass is 237 g/mol. The van der Waals surface area contributed by atoms with Crippen molar-refractivity contribution in [2.75, 3.05) is 6.54 Å². The van der Waals surface area contributed by atoms with Gasteiger partial charge in [-0.2, -0.15) is 0 Å². The number of rotatable bonds is 6. The Bertz CT molecular complexity index is 330. The molecule has 0 fully saturated rings. The summed E-state index contributed by atoms with van der Waals surface area (Å²) in [6.45, 7) is 7.42. The molecule has 0 aliphatic rings. The fourth-order valence-electron chi connectivity index (χ4n) is 1.81. The van der Waals surface area contributed by atoms with E-state index in [1.54, 1.807) is 12.1 Å². The van der Waals surface area contributed by atoms with Crippen LogP contribution in [0.5, 0.6) is 11.5 Å². The molecule has 1 unspecified atom stereocenters. The highest BCUT2D eigenvalue weighted by molar-refractivity contribution is 5.37. The lowest BCUT2D eigenvalue weighted by molar-refractivity contribution is 0.444. The fourth-order valence-corrected chi connectivity index (χ4v) is 1.81. The van der Waals surface area contributed by atoms with Gasteiger partial charge in [0.15, 0.2) is 0 Å². The van der Waals surface area contributed by atoms with E-state index in [1.165, 1.54) is 12.5 Å². The molecule has 0 amide bonds. The van der Waals surface area contributed by atoms with E-state index < -0.39 is 0 Å².